The van der Waals surface area contributed by atoms with Gasteiger partial charge in [-0.15, -0.1) is 11.3 Å². The molecule has 0 spiro atoms. The molecule has 2 aliphatic heterocycles. The number of hydrogen-bond acceptors (Lipinski definition) is 3. The summed E-state index contributed by atoms with van der Waals surface area (Å²) in [7, 11) is 0. The third-order valence-electron chi connectivity index (χ3n) is 3.41. The van der Waals surface area contributed by atoms with Gasteiger partial charge >= 0.3 is 0 Å². The van der Waals surface area contributed by atoms with Crippen molar-refractivity contribution in [3.05, 3.63) is 22.4 Å². The molecule has 0 aliphatic carbocycles. The van der Waals surface area contributed by atoms with E-state index in [1.54, 1.807) is 0 Å². The largest absolute Gasteiger partial charge is 0.313 e. The van der Waals surface area contributed by atoms with E-state index in [4.69, 9.17) is 0 Å². The van der Waals surface area contributed by atoms with Crippen LogP contribution in [0.25, 0.3) is 0 Å². The fourth-order valence-electron chi connectivity index (χ4n) is 2.74. The van der Waals surface area contributed by atoms with Crippen molar-refractivity contribution in [2.24, 2.45) is 0 Å². The van der Waals surface area contributed by atoms with E-state index in [-0.39, 0.29) is 0 Å². The first-order chi connectivity index (χ1) is 6.95. The lowest BCUT2D eigenvalue weighted by atomic mass is 10.1. The van der Waals surface area contributed by atoms with Crippen LogP contribution in [0, 0.1) is 0 Å². The van der Waals surface area contributed by atoms with E-state index in [1.165, 1.54) is 30.8 Å². The highest BCUT2D eigenvalue weighted by Crippen LogP contribution is 2.33. The molecule has 2 saturated heterocycles. The third-order valence-corrected chi connectivity index (χ3v) is 4.39. The van der Waals surface area contributed by atoms with E-state index in [9.17, 15) is 0 Å². The molecule has 2 nitrogen and oxygen atoms in total. The molecular formula is C11H16N2S. The second kappa shape index (κ2) is 3.65. The molecule has 0 aromatic carbocycles. The van der Waals surface area contributed by atoms with Crippen LogP contribution in [0.4, 0.5) is 0 Å². The molecule has 2 fully saturated rings. The van der Waals surface area contributed by atoms with Crippen molar-refractivity contribution in [3.8, 4) is 0 Å². The fourth-order valence-corrected chi connectivity index (χ4v) is 3.58. The molecule has 2 atom stereocenters. The van der Waals surface area contributed by atoms with Crippen molar-refractivity contribution < 1.29 is 0 Å². The summed E-state index contributed by atoms with van der Waals surface area (Å²) in [5.41, 5.74) is 0. The normalized spacial score (nSPS) is 33.1. The van der Waals surface area contributed by atoms with Gasteiger partial charge < -0.3 is 5.32 Å². The lowest BCUT2D eigenvalue weighted by molar-refractivity contribution is 0.140. The number of fused-ring (bicyclic) bond motifs is 1. The van der Waals surface area contributed by atoms with E-state index in [2.05, 4.69) is 27.7 Å². The van der Waals surface area contributed by atoms with Gasteiger partial charge in [-0.25, -0.2) is 0 Å². The van der Waals surface area contributed by atoms with Crippen molar-refractivity contribution in [1.82, 2.24) is 10.2 Å². The minimum atomic E-state index is 0.649. The van der Waals surface area contributed by atoms with Crippen molar-refractivity contribution in [2.75, 3.05) is 19.6 Å². The molecule has 0 bridgehead atoms. The topological polar surface area (TPSA) is 15.3 Å². The molecule has 2 aliphatic rings. The van der Waals surface area contributed by atoms with Crippen molar-refractivity contribution >= 4 is 11.3 Å². The molecule has 3 rings (SSSR count). The molecule has 1 unspecified atom stereocenters. The zero-order valence-corrected chi connectivity index (χ0v) is 9.09. The summed E-state index contributed by atoms with van der Waals surface area (Å²) in [5.74, 6) is 0. The first kappa shape index (κ1) is 8.89. The summed E-state index contributed by atoms with van der Waals surface area (Å²) in [4.78, 5) is 4.23. The van der Waals surface area contributed by atoms with Crippen LogP contribution in [0.2, 0.25) is 0 Å². The number of nitrogens with one attached hydrogen (secondary N) is 1. The van der Waals surface area contributed by atoms with Crippen LogP contribution in [0.3, 0.4) is 0 Å². The van der Waals surface area contributed by atoms with Gasteiger partial charge in [-0.05, 0) is 30.8 Å². The third kappa shape index (κ3) is 1.40. The van der Waals surface area contributed by atoms with Gasteiger partial charge in [0.1, 0.15) is 0 Å². The van der Waals surface area contributed by atoms with Gasteiger partial charge in [-0.1, -0.05) is 6.07 Å². The Bertz CT molecular complexity index is 296. The monoisotopic (exact) mass is 208 g/mol. The standard InChI is InChI=1S/C11H16N2S/c1-3-9-7-12-8-10(13(9)5-1)11-4-2-6-14-11/h2,4,6,9-10,12H,1,3,5,7-8H2/t9-,10?/m0/s1. The number of rotatable bonds is 1. The number of piperazine rings is 1. The summed E-state index contributed by atoms with van der Waals surface area (Å²) in [6.07, 6.45) is 2.77. The van der Waals surface area contributed by atoms with Gasteiger partial charge in [0, 0.05) is 24.0 Å². The Morgan fingerprint density at radius 2 is 2.43 bits per heavy atom. The van der Waals surface area contributed by atoms with Crippen LogP contribution in [-0.4, -0.2) is 30.6 Å². The van der Waals surface area contributed by atoms with Crippen molar-refractivity contribution in [1.29, 1.82) is 0 Å². The number of nitrogens with zero attached hydrogens (tertiary/aromatic N) is 1. The molecule has 0 amide bonds. The van der Waals surface area contributed by atoms with Crippen LogP contribution >= 0.6 is 11.3 Å². The Hall–Kier alpha value is -0.380. The summed E-state index contributed by atoms with van der Waals surface area (Å²) in [5, 5.41) is 5.75. The highest BCUT2D eigenvalue weighted by Gasteiger charge is 2.34. The minimum absolute atomic E-state index is 0.649. The maximum absolute atomic E-state index is 3.56. The van der Waals surface area contributed by atoms with Crippen LogP contribution < -0.4 is 5.32 Å². The average molecular weight is 208 g/mol. The van der Waals surface area contributed by atoms with Gasteiger partial charge in [0.2, 0.25) is 0 Å². The van der Waals surface area contributed by atoms with Crippen LogP contribution in [0.1, 0.15) is 23.8 Å². The second-order valence-electron chi connectivity index (χ2n) is 4.22. The van der Waals surface area contributed by atoms with Crippen LogP contribution in [-0.2, 0) is 0 Å². The second-order valence-corrected chi connectivity index (χ2v) is 5.20. The maximum atomic E-state index is 3.56. The smallest absolute Gasteiger partial charge is 0.0569 e. The molecular weight excluding hydrogens is 192 g/mol. The summed E-state index contributed by atoms with van der Waals surface area (Å²) in [6, 6.07) is 5.89. The molecule has 14 heavy (non-hydrogen) atoms. The summed E-state index contributed by atoms with van der Waals surface area (Å²) in [6.45, 7) is 3.63. The quantitative estimate of drug-likeness (QED) is 0.758. The fraction of sp³-hybridized carbons (Fsp3) is 0.636. The van der Waals surface area contributed by atoms with Gasteiger partial charge in [-0.3, -0.25) is 4.90 Å². The maximum Gasteiger partial charge on any atom is 0.0569 e. The van der Waals surface area contributed by atoms with Gasteiger partial charge in [0.25, 0.3) is 0 Å². The molecule has 0 radical (unpaired) electrons. The summed E-state index contributed by atoms with van der Waals surface area (Å²) < 4.78 is 0. The van der Waals surface area contributed by atoms with Crippen LogP contribution in [0.15, 0.2) is 17.5 Å². The van der Waals surface area contributed by atoms with Crippen molar-refractivity contribution in [3.63, 3.8) is 0 Å². The zero-order valence-electron chi connectivity index (χ0n) is 8.28. The molecule has 1 aromatic heterocycles. The Labute approximate surface area is 88.9 Å². The molecule has 1 N–H and O–H groups in total. The van der Waals surface area contributed by atoms with Crippen LogP contribution in [0.5, 0.6) is 0 Å². The SMILES string of the molecule is c1csc(C2CNC[C@@H]3CCCN23)c1. The number of hydrogen-bond donors (Lipinski definition) is 1. The van der Waals surface area contributed by atoms with Gasteiger partial charge in [0.05, 0.1) is 6.04 Å². The molecule has 0 saturated carbocycles. The van der Waals surface area contributed by atoms with E-state index in [0.29, 0.717) is 6.04 Å². The molecule has 76 valence electrons. The Balaban J connectivity index is 1.84. The zero-order chi connectivity index (χ0) is 9.38. The first-order valence-corrected chi connectivity index (χ1v) is 6.33. The lowest BCUT2D eigenvalue weighted by Crippen LogP contribution is -2.49. The summed E-state index contributed by atoms with van der Waals surface area (Å²) >= 11 is 1.90. The molecule has 3 heteroatoms. The Morgan fingerprint density at radius 1 is 1.43 bits per heavy atom. The Morgan fingerprint density at radius 3 is 3.29 bits per heavy atom. The minimum Gasteiger partial charge on any atom is -0.313 e. The van der Waals surface area contributed by atoms with E-state index in [1.807, 2.05) is 11.3 Å². The highest BCUT2D eigenvalue weighted by atomic mass is 32.1. The lowest BCUT2D eigenvalue weighted by Gasteiger charge is -2.37. The van der Waals surface area contributed by atoms with E-state index in [0.717, 1.165) is 12.6 Å². The number of thiophene rings is 1. The highest BCUT2D eigenvalue weighted by molar-refractivity contribution is 7.10. The average Bonchev–Trinajstić information content (AvgIpc) is 2.88. The van der Waals surface area contributed by atoms with Gasteiger partial charge in [0.15, 0.2) is 0 Å². The van der Waals surface area contributed by atoms with Gasteiger partial charge in [-0.2, -0.15) is 0 Å². The predicted molar refractivity (Wildman–Crippen MR) is 59.7 cm³/mol. The first-order valence-electron chi connectivity index (χ1n) is 5.45. The predicted octanol–water partition coefficient (Wildman–Crippen LogP) is 1.86. The van der Waals surface area contributed by atoms with Crippen molar-refractivity contribution in [2.45, 2.75) is 24.9 Å². The van der Waals surface area contributed by atoms with E-state index < -0.39 is 0 Å². The molecule has 3 heterocycles. The Kier molecular flexibility index (Phi) is 2.32. The van der Waals surface area contributed by atoms with E-state index >= 15 is 0 Å². The molecule has 1 aromatic rings.